The van der Waals surface area contributed by atoms with E-state index in [2.05, 4.69) is 30.9 Å². The van der Waals surface area contributed by atoms with Crippen molar-refractivity contribution < 1.29 is 9.79 Å². The van der Waals surface area contributed by atoms with Gasteiger partial charge in [0.1, 0.15) is 0 Å². The molecule has 9 heteroatoms. The third-order valence-corrected chi connectivity index (χ3v) is 2.26. The van der Waals surface area contributed by atoms with Crippen LogP contribution in [0.25, 0.3) is 0 Å². The summed E-state index contributed by atoms with van der Waals surface area (Å²) >= 11 is 0. The van der Waals surface area contributed by atoms with Crippen molar-refractivity contribution in [1.82, 2.24) is 20.6 Å². The lowest BCUT2D eigenvalue weighted by Gasteiger charge is -2.09. The quantitative estimate of drug-likeness (QED) is 0.200. The van der Waals surface area contributed by atoms with Crippen LogP contribution < -0.4 is 21.8 Å². The van der Waals surface area contributed by atoms with Crippen LogP contribution in [-0.2, 0) is 4.79 Å². The summed E-state index contributed by atoms with van der Waals surface area (Å²) in [4.78, 5) is 14.6. The standard InChI is InChI=1S/C9H18N8O/c1-6(10)12-5-3-2-4-7(11)8(18)13-9-14-16-17-15-9/h7H,2-5,11H2,1H3,(H2,10,12)(H2,13,14,15,16,17,18)/p+1/t7-/m0/s1. The second kappa shape index (κ2) is 7.33. The number of anilines is 1. The van der Waals surface area contributed by atoms with E-state index in [4.69, 9.17) is 11.5 Å². The van der Waals surface area contributed by atoms with Gasteiger partial charge in [0, 0.05) is 6.92 Å². The molecule has 0 aromatic carbocycles. The number of H-pyrrole nitrogens is 1. The third kappa shape index (κ3) is 5.34. The second-order valence-corrected chi connectivity index (χ2v) is 3.94. The Morgan fingerprint density at radius 1 is 1.56 bits per heavy atom. The summed E-state index contributed by atoms with van der Waals surface area (Å²) in [6.07, 6.45) is 2.33. The number of hydrogen-bond donors (Lipinski definition) is 5. The maximum atomic E-state index is 11.6. The van der Waals surface area contributed by atoms with Crippen LogP contribution in [0.1, 0.15) is 26.2 Å². The molecule has 0 radical (unpaired) electrons. The fourth-order valence-electron chi connectivity index (χ4n) is 1.32. The maximum absolute atomic E-state index is 11.6. The molecule has 0 fully saturated rings. The average molecular weight is 255 g/mol. The van der Waals surface area contributed by atoms with E-state index in [0.29, 0.717) is 12.3 Å². The highest BCUT2D eigenvalue weighted by Crippen LogP contribution is 2.00. The number of hydrogen-bond acceptors (Lipinski definition) is 5. The SMILES string of the molecule is CC(N)=[NH+]CCCC[C@H](N)C(=O)Nc1nn[nH]n1. The highest BCUT2D eigenvalue weighted by molar-refractivity contribution is 5.92. The molecular formula is C9H19N8O+. The molecule has 1 heterocycles. The molecule has 9 nitrogen and oxygen atoms in total. The molecule has 0 saturated heterocycles. The second-order valence-electron chi connectivity index (χ2n) is 3.94. The zero-order valence-electron chi connectivity index (χ0n) is 10.3. The number of rotatable bonds is 7. The molecular weight excluding hydrogens is 236 g/mol. The van der Waals surface area contributed by atoms with Crippen molar-refractivity contribution in [3.63, 3.8) is 0 Å². The maximum Gasteiger partial charge on any atom is 0.269 e. The Kier molecular flexibility index (Phi) is 5.71. The number of amides is 1. The molecule has 0 saturated carbocycles. The first-order chi connectivity index (χ1) is 8.59. The van der Waals surface area contributed by atoms with Crippen molar-refractivity contribution in [2.75, 3.05) is 11.9 Å². The highest BCUT2D eigenvalue weighted by atomic mass is 16.2. The van der Waals surface area contributed by atoms with E-state index in [0.717, 1.165) is 19.4 Å². The number of nitrogens with one attached hydrogen (secondary N) is 3. The molecule has 100 valence electrons. The first kappa shape index (κ1) is 14.0. The van der Waals surface area contributed by atoms with E-state index in [9.17, 15) is 4.79 Å². The van der Waals surface area contributed by atoms with Crippen molar-refractivity contribution in [3.8, 4) is 0 Å². The number of aromatic amines is 1. The molecule has 0 unspecified atom stereocenters. The lowest BCUT2D eigenvalue weighted by molar-refractivity contribution is -0.459. The van der Waals surface area contributed by atoms with Gasteiger partial charge in [-0.3, -0.25) is 20.8 Å². The van der Waals surface area contributed by atoms with Crippen molar-refractivity contribution in [3.05, 3.63) is 0 Å². The largest absolute Gasteiger partial charge is 0.320 e. The van der Waals surface area contributed by atoms with Crippen molar-refractivity contribution in [2.45, 2.75) is 32.2 Å². The normalized spacial score (nSPS) is 13.3. The van der Waals surface area contributed by atoms with Gasteiger partial charge >= 0.3 is 0 Å². The van der Waals surface area contributed by atoms with Crippen LogP contribution in [0, 0.1) is 0 Å². The van der Waals surface area contributed by atoms with Gasteiger partial charge in [0.05, 0.1) is 12.6 Å². The van der Waals surface area contributed by atoms with Crippen LogP contribution in [0.5, 0.6) is 0 Å². The van der Waals surface area contributed by atoms with E-state index < -0.39 is 6.04 Å². The Bertz CT molecular complexity index is 383. The molecule has 0 aliphatic carbocycles. The molecule has 0 spiro atoms. The topological polar surface area (TPSA) is 150 Å². The van der Waals surface area contributed by atoms with Crippen LogP contribution in [-0.4, -0.2) is 45.0 Å². The minimum atomic E-state index is -0.577. The molecule has 1 aromatic heterocycles. The number of nitrogens with zero attached hydrogens (tertiary/aromatic N) is 3. The van der Waals surface area contributed by atoms with Gasteiger partial charge in [-0.1, -0.05) is 5.10 Å². The Morgan fingerprint density at radius 2 is 2.33 bits per heavy atom. The van der Waals surface area contributed by atoms with Crippen LogP contribution in [0.2, 0.25) is 0 Å². The summed E-state index contributed by atoms with van der Waals surface area (Å²) in [5, 5.41) is 15.2. The van der Waals surface area contributed by atoms with Gasteiger partial charge in [0.15, 0.2) is 0 Å². The van der Waals surface area contributed by atoms with E-state index in [1.54, 1.807) is 6.92 Å². The highest BCUT2D eigenvalue weighted by Gasteiger charge is 2.14. The molecule has 1 amide bonds. The smallest absolute Gasteiger partial charge is 0.269 e. The monoisotopic (exact) mass is 255 g/mol. The van der Waals surface area contributed by atoms with Crippen LogP contribution in [0.4, 0.5) is 5.95 Å². The molecule has 0 aliphatic rings. The van der Waals surface area contributed by atoms with E-state index in [1.807, 2.05) is 0 Å². The van der Waals surface area contributed by atoms with Gasteiger partial charge in [-0.05, 0) is 24.5 Å². The van der Waals surface area contributed by atoms with Crippen LogP contribution in [0.15, 0.2) is 0 Å². The number of carbonyl (C=O) groups excluding carboxylic acids is 1. The van der Waals surface area contributed by atoms with Gasteiger partial charge in [-0.15, -0.1) is 5.10 Å². The van der Waals surface area contributed by atoms with Gasteiger partial charge in [-0.2, -0.15) is 5.21 Å². The summed E-state index contributed by atoms with van der Waals surface area (Å²) in [6, 6.07) is -0.577. The summed E-state index contributed by atoms with van der Waals surface area (Å²) in [5.41, 5.74) is 11.2. The lowest BCUT2D eigenvalue weighted by Crippen LogP contribution is -2.74. The number of carbonyl (C=O) groups is 1. The third-order valence-electron chi connectivity index (χ3n) is 2.26. The molecule has 1 atom stereocenters. The van der Waals surface area contributed by atoms with E-state index in [-0.39, 0.29) is 11.9 Å². The van der Waals surface area contributed by atoms with Gasteiger partial charge in [-0.25, -0.2) is 0 Å². The number of nitrogens with two attached hydrogens (primary N) is 2. The minimum absolute atomic E-state index is 0.130. The van der Waals surface area contributed by atoms with Crippen molar-refractivity contribution >= 4 is 17.7 Å². The molecule has 18 heavy (non-hydrogen) atoms. The number of amidine groups is 1. The fraction of sp³-hybridized carbons (Fsp3) is 0.667. The Morgan fingerprint density at radius 3 is 2.94 bits per heavy atom. The molecule has 0 aliphatic heterocycles. The molecule has 1 aromatic rings. The molecule has 7 N–H and O–H groups in total. The predicted molar refractivity (Wildman–Crippen MR) is 65.3 cm³/mol. The summed E-state index contributed by atoms with van der Waals surface area (Å²) in [5.74, 6) is 0.505. The fourth-order valence-corrected chi connectivity index (χ4v) is 1.32. The minimum Gasteiger partial charge on any atom is -0.320 e. The summed E-state index contributed by atoms with van der Waals surface area (Å²) in [7, 11) is 0. The summed E-state index contributed by atoms with van der Waals surface area (Å²) < 4.78 is 0. The van der Waals surface area contributed by atoms with Crippen molar-refractivity contribution in [2.24, 2.45) is 11.5 Å². The van der Waals surface area contributed by atoms with E-state index >= 15 is 0 Å². The average Bonchev–Trinajstić information content (AvgIpc) is 2.80. The van der Waals surface area contributed by atoms with Crippen molar-refractivity contribution in [1.29, 1.82) is 0 Å². The Balaban J connectivity index is 2.18. The Labute approximate surface area is 104 Å². The number of tetrazole rings is 1. The zero-order valence-corrected chi connectivity index (χ0v) is 10.3. The lowest BCUT2D eigenvalue weighted by atomic mass is 10.1. The van der Waals surface area contributed by atoms with E-state index in [1.165, 1.54) is 0 Å². The predicted octanol–water partition coefficient (Wildman–Crippen LogP) is -2.91. The zero-order chi connectivity index (χ0) is 13.4. The first-order valence-electron chi connectivity index (χ1n) is 5.72. The molecule has 1 rings (SSSR count). The van der Waals surface area contributed by atoms with Crippen LogP contribution >= 0.6 is 0 Å². The summed E-state index contributed by atoms with van der Waals surface area (Å²) in [6.45, 7) is 2.58. The van der Waals surface area contributed by atoms with Gasteiger partial charge in [0.2, 0.25) is 11.7 Å². The van der Waals surface area contributed by atoms with Gasteiger partial charge in [0.25, 0.3) is 5.95 Å². The number of unbranched alkanes of at least 4 members (excludes halogenated alkanes) is 1. The first-order valence-corrected chi connectivity index (χ1v) is 5.72. The van der Waals surface area contributed by atoms with Crippen LogP contribution in [0.3, 0.4) is 0 Å². The molecule has 0 bridgehead atoms. The Hall–Kier alpha value is -2.03. The van der Waals surface area contributed by atoms with Gasteiger partial charge < -0.3 is 5.73 Å². The number of aromatic nitrogens is 4.